The van der Waals surface area contributed by atoms with Crippen LogP contribution in [-0.4, -0.2) is 27.6 Å². The Hall–Kier alpha value is -2.99. The molecule has 6 heteroatoms. The molecule has 1 aliphatic heterocycles. The van der Waals surface area contributed by atoms with Crippen LogP contribution in [0.5, 0.6) is 5.75 Å². The lowest BCUT2D eigenvalue weighted by Crippen LogP contribution is -2.40. The number of amides is 1. The van der Waals surface area contributed by atoms with Gasteiger partial charge in [-0.2, -0.15) is 0 Å². The van der Waals surface area contributed by atoms with Crippen molar-refractivity contribution in [3.8, 4) is 5.75 Å². The summed E-state index contributed by atoms with van der Waals surface area (Å²) in [5.74, 6) is 0.545. The van der Waals surface area contributed by atoms with E-state index >= 15 is 0 Å². The third-order valence-electron chi connectivity index (χ3n) is 5.13. The molecule has 148 valence electrons. The molecule has 0 saturated heterocycles. The van der Waals surface area contributed by atoms with E-state index in [1.165, 1.54) is 6.92 Å². The molecule has 1 unspecified atom stereocenters. The zero-order valence-electron chi connectivity index (χ0n) is 16.3. The van der Waals surface area contributed by atoms with Gasteiger partial charge in [-0.3, -0.25) is 9.59 Å². The van der Waals surface area contributed by atoms with Crippen molar-refractivity contribution in [2.45, 2.75) is 39.0 Å². The summed E-state index contributed by atoms with van der Waals surface area (Å²) in [7, 11) is 0. The number of para-hydroxylation sites is 1. The van der Waals surface area contributed by atoms with Crippen molar-refractivity contribution in [3.05, 3.63) is 71.3 Å². The zero-order chi connectivity index (χ0) is 20.4. The van der Waals surface area contributed by atoms with Crippen LogP contribution in [0.4, 0.5) is 0 Å². The van der Waals surface area contributed by atoms with Gasteiger partial charge in [-0.15, -0.1) is 17.9 Å². The highest BCUT2D eigenvalue weighted by atomic mass is 32.1. The summed E-state index contributed by atoms with van der Waals surface area (Å²) < 4.78 is 7.17. The summed E-state index contributed by atoms with van der Waals surface area (Å²) >= 11 is 1.60. The van der Waals surface area contributed by atoms with Gasteiger partial charge in [-0.1, -0.05) is 24.3 Å². The average Bonchev–Trinajstić information content (AvgIpc) is 3.28. The lowest BCUT2D eigenvalue weighted by Gasteiger charge is -2.25. The van der Waals surface area contributed by atoms with E-state index in [4.69, 9.17) is 4.74 Å². The highest BCUT2D eigenvalue weighted by Gasteiger charge is 2.36. The third kappa shape index (κ3) is 3.80. The van der Waals surface area contributed by atoms with Gasteiger partial charge in [0.2, 0.25) is 0 Å². The minimum atomic E-state index is -0.440. The molecule has 3 aromatic rings. The number of thiazole rings is 1. The van der Waals surface area contributed by atoms with Crippen molar-refractivity contribution in [3.63, 3.8) is 0 Å². The van der Waals surface area contributed by atoms with Gasteiger partial charge in [0.1, 0.15) is 17.4 Å². The number of fused-ring (bicyclic) bond motifs is 2. The topological polar surface area (TPSA) is 59.5 Å². The van der Waals surface area contributed by atoms with Gasteiger partial charge in [0, 0.05) is 11.1 Å². The predicted molar refractivity (Wildman–Crippen MR) is 114 cm³/mol. The van der Waals surface area contributed by atoms with Gasteiger partial charge in [-0.25, -0.2) is 4.98 Å². The molecule has 2 heterocycles. The molecule has 0 spiro atoms. The molecular weight excluding hydrogens is 384 g/mol. The second-order valence-electron chi connectivity index (χ2n) is 7.07. The molecule has 1 atom stereocenters. The molecule has 29 heavy (non-hydrogen) atoms. The molecule has 1 aromatic heterocycles. The summed E-state index contributed by atoms with van der Waals surface area (Å²) in [6, 6.07) is 13.0. The van der Waals surface area contributed by atoms with Crippen LogP contribution in [0.1, 0.15) is 40.7 Å². The van der Waals surface area contributed by atoms with Crippen LogP contribution in [0.15, 0.2) is 55.1 Å². The number of rotatable bonds is 8. The summed E-state index contributed by atoms with van der Waals surface area (Å²) in [6.07, 6.45) is 3.04. The van der Waals surface area contributed by atoms with E-state index in [2.05, 4.69) is 11.6 Å². The smallest absolute Gasteiger partial charge is 0.255 e. The first-order valence-electron chi connectivity index (χ1n) is 9.60. The number of hydrogen-bond acceptors (Lipinski definition) is 5. The fraction of sp³-hybridized carbons (Fsp3) is 0.261. The van der Waals surface area contributed by atoms with E-state index in [1.54, 1.807) is 28.4 Å². The standard InChI is InChI=1S/C23H22N2O3S/c1-3-4-10-19(15(2)26)25-13-17-16(23(25)27)8-7-11-20(17)28-14-22-24-18-9-5-6-12-21(18)29-22/h3,5-9,11-12,19H,1,4,10,13-14H2,2H3. The summed E-state index contributed by atoms with van der Waals surface area (Å²) in [5.41, 5.74) is 2.40. The number of ketones is 1. The molecule has 2 aromatic carbocycles. The van der Waals surface area contributed by atoms with Gasteiger partial charge in [0.05, 0.1) is 22.8 Å². The molecule has 1 amide bonds. The molecule has 4 rings (SSSR count). The monoisotopic (exact) mass is 406 g/mol. The zero-order valence-corrected chi connectivity index (χ0v) is 17.1. The number of Topliss-reactive ketones (excluding diaryl/α,β-unsaturated/α-hetero) is 1. The molecular formula is C23H22N2O3S. The Morgan fingerprint density at radius 2 is 2.14 bits per heavy atom. The van der Waals surface area contributed by atoms with E-state index in [-0.39, 0.29) is 11.7 Å². The highest BCUT2D eigenvalue weighted by Crippen LogP contribution is 2.34. The maximum Gasteiger partial charge on any atom is 0.255 e. The number of benzene rings is 2. The summed E-state index contributed by atoms with van der Waals surface area (Å²) in [5, 5.41) is 0.887. The Kier molecular flexibility index (Phi) is 5.45. The van der Waals surface area contributed by atoms with Crippen molar-refractivity contribution < 1.29 is 14.3 Å². The van der Waals surface area contributed by atoms with Crippen LogP contribution < -0.4 is 4.74 Å². The normalized spacial score (nSPS) is 14.1. The number of hydrogen-bond donors (Lipinski definition) is 0. The van der Waals surface area contributed by atoms with E-state index < -0.39 is 6.04 Å². The second-order valence-corrected chi connectivity index (χ2v) is 8.19. The molecule has 0 N–H and O–H groups in total. The Morgan fingerprint density at radius 3 is 2.90 bits per heavy atom. The van der Waals surface area contributed by atoms with E-state index in [1.807, 2.05) is 36.4 Å². The second kappa shape index (κ2) is 8.17. The Bertz CT molecular complexity index is 1060. The Balaban J connectivity index is 1.54. The van der Waals surface area contributed by atoms with Crippen LogP contribution in [0.25, 0.3) is 10.2 Å². The van der Waals surface area contributed by atoms with Crippen molar-refractivity contribution in [1.29, 1.82) is 0 Å². The van der Waals surface area contributed by atoms with Gasteiger partial charge in [-0.05, 0) is 44.0 Å². The van der Waals surface area contributed by atoms with Crippen molar-refractivity contribution >= 4 is 33.2 Å². The highest BCUT2D eigenvalue weighted by molar-refractivity contribution is 7.18. The number of allylic oxidation sites excluding steroid dienone is 1. The maximum atomic E-state index is 12.9. The van der Waals surface area contributed by atoms with Crippen LogP contribution >= 0.6 is 11.3 Å². The summed E-state index contributed by atoms with van der Waals surface area (Å²) in [4.78, 5) is 31.3. The minimum absolute atomic E-state index is 0.00931. The molecule has 5 nitrogen and oxygen atoms in total. The Morgan fingerprint density at radius 1 is 1.31 bits per heavy atom. The maximum absolute atomic E-state index is 12.9. The van der Waals surface area contributed by atoms with Gasteiger partial charge >= 0.3 is 0 Å². The van der Waals surface area contributed by atoms with E-state index in [9.17, 15) is 9.59 Å². The van der Waals surface area contributed by atoms with Crippen molar-refractivity contribution in [1.82, 2.24) is 9.88 Å². The van der Waals surface area contributed by atoms with E-state index in [0.717, 1.165) is 20.8 Å². The number of carbonyl (C=O) groups excluding carboxylic acids is 2. The average molecular weight is 407 g/mol. The third-order valence-corrected chi connectivity index (χ3v) is 6.14. The number of carbonyl (C=O) groups is 2. The Labute approximate surface area is 173 Å². The number of aromatic nitrogens is 1. The predicted octanol–water partition coefficient (Wildman–Crippen LogP) is 4.75. The quantitative estimate of drug-likeness (QED) is 0.506. The first-order valence-corrected chi connectivity index (χ1v) is 10.4. The largest absolute Gasteiger partial charge is 0.486 e. The number of nitrogens with zero attached hydrogens (tertiary/aromatic N) is 2. The molecule has 0 aliphatic carbocycles. The molecule has 0 saturated carbocycles. The first-order chi connectivity index (χ1) is 14.1. The van der Waals surface area contributed by atoms with Crippen LogP contribution in [0.3, 0.4) is 0 Å². The number of ether oxygens (including phenoxy) is 1. The SMILES string of the molecule is C=CCCC(C(C)=O)N1Cc2c(OCc3nc4ccccc4s3)cccc2C1=O. The molecule has 1 aliphatic rings. The van der Waals surface area contributed by atoms with Gasteiger partial charge in [0.15, 0.2) is 5.78 Å². The lowest BCUT2D eigenvalue weighted by molar-refractivity contribution is -0.121. The van der Waals surface area contributed by atoms with E-state index in [0.29, 0.717) is 37.3 Å². The van der Waals surface area contributed by atoms with Crippen molar-refractivity contribution in [2.24, 2.45) is 0 Å². The van der Waals surface area contributed by atoms with Crippen LogP contribution in [0, 0.1) is 0 Å². The van der Waals surface area contributed by atoms with Crippen LogP contribution in [0.2, 0.25) is 0 Å². The van der Waals surface area contributed by atoms with Crippen LogP contribution in [-0.2, 0) is 17.9 Å². The first kappa shape index (κ1) is 19.3. The van der Waals surface area contributed by atoms with Gasteiger partial charge in [0.25, 0.3) is 5.91 Å². The van der Waals surface area contributed by atoms with Crippen molar-refractivity contribution in [2.75, 3.05) is 0 Å². The minimum Gasteiger partial charge on any atom is -0.486 e. The fourth-order valence-corrected chi connectivity index (χ4v) is 4.57. The molecule has 0 radical (unpaired) electrons. The summed E-state index contributed by atoms with van der Waals surface area (Å²) in [6.45, 7) is 5.98. The van der Waals surface area contributed by atoms with Gasteiger partial charge < -0.3 is 9.64 Å². The fourth-order valence-electron chi connectivity index (χ4n) is 3.69. The molecule has 0 bridgehead atoms. The lowest BCUT2D eigenvalue weighted by atomic mass is 10.1. The molecule has 0 fully saturated rings.